The van der Waals surface area contributed by atoms with Crippen LogP contribution in [0.15, 0.2) is 23.1 Å². The highest BCUT2D eigenvalue weighted by atomic mass is 32.2. The van der Waals surface area contributed by atoms with Crippen molar-refractivity contribution in [2.75, 3.05) is 39.3 Å². The molecule has 118 valence electrons. The summed E-state index contributed by atoms with van der Waals surface area (Å²) in [6.45, 7) is 8.24. The second-order valence-corrected chi connectivity index (χ2v) is 7.57. The summed E-state index contributed by atoms with van der Waals surface area (Å²) >= 11 is 0. The molecule has 1 aromatic carbocycles. The average molecular weight is 311 g/mol. The highest BCUT2D eigenvalue weighted by Gasteiger charge is 2.28. The monoisotopic (exact) mass is 311 g/mol. The highest BCUT2D eigenvalue weighted by Crippen LogP contribution is 2.20. The summed E-state index contributed by atoms with van der Waals surface area (Å²) in [7, 11) is -3.36. The number of sulfonamides is 1. The first-order chi connectivity index (χ1) is 9.95. The van der Waals surface area contributed by atoms with Crippen LogP contribution in [0.5, 0.6) is 0 Å². The fourth-order valence-corrected chi connectivity index (χ4v) is 4.04. The Morgan fingerprint density at radius 2 is 1.76 bits per heavy atom. The van der Waals surface area contributed by atoms with Crippen LogP contribution >= 0.6 is 0 Å². The van der Waals surface area contributed by atoms with Crippen LogP contribution in [0, 0.1) is 13.8 Å². The fourth-order valence-electron chi connectivity index (χ4n) is 2.53. The molecule has 0 unspecified atom stereocenters. The minimum absolute atomic E-state index is 0.404. The van der Waals surface area contributed by atoms with Crippen LogP contribution in [0.3, 0.4) is 0 Å². The summed E-state index contributed by atoms with van der Waals surface area (Å²) in [4.78, 5) is 2.68. The zero-order valence-corrected chi connectivity index (χ0v) is 13.7. The van der Waals surface area contributed by atoms with E-state index in [4.69, 9.17) is 5.73 Å². The molecule has 1 aromatic rings. The number of nitrogens with two attached hydrogens (primary N) is 1. The van der Waals surface area contributed by atoms with Crippen LogP contribution < -0.4 is 5.73 Å². The maximum atomic E-state index is 12.7. The van der Waals surface area contributed by atoms with Crippen molar-refractivity contribution in [1.82, 2.24) is 9.21 Å². The third kappa shape index (κ3) is 3.83. The van der Waals surface area contributed by atoms with Gasteiger partial charge in [0.15, 0.2) is 0 Å². The molecule has 0 aliphatic carbocycles. The van der Waals surface area contributed by atoms with Gasteiger partial charge in [-0.3, -0.25) is 0 Å². The van der Waals surface area contributed by atoms with Crippen molar-refractivity contribution in [1.29, 1.82) is 0 Å². The van der Waals surface area contributed by atoms with Gasteiger partial charge in [0.05, 0.1) is 4.90 Å². The molecule has 1 saturated heterocycles. The molecule has 21 heavy (non-hydrogen) atoms. The lowest BCUT2D eigenvalue weighted by molar-refractivity contribution is 0.187. The van der Waals surface area contributed by atoms with Gasteiger partial charge in [-0.25, -0.2) is 8.42 Å². The first-order valence-corrected chi connectivity index (χ1v) is 8.89. The van der Waals surface area contributed by atoms with E-state index >= 15 is 0 Å². The molecule has 2 rings (SSSR count). The van der Waals surface area contributed by atoms with E-state index in [0.29, 0.717) is 24.5 Å². The molecule has 0 atom stereocenters. The minimum atomic E-state index is -3.36. The number of aryl methyl sites for hydroxylation is 2. The van der Waals surface area contributed by atoms with Gasteiger partial charge in [-0.05, 0) is 56.6 Å². The van der Waals surface area contributed by atoms with Crippen molar-refractivity contribution in [3.05, 3.63) is 29.3 Å². The van der Waals surface area contributed by atoms with Crippen molar-refractivity contribution < 1.29 is 8.42 Å². The Kier molecular flexibility index (Phi) is 5.37. The van der Waals surface area contributed by atoms with Crippen LogP contribution in [0.1, 0.15) is 17.5 Å². The third-order valence-corrected chi connectivity index (χ3v) is 6.02. The minimum Gasteiger partial charge on any atom is -0.330 e. The van der Waals surface area contributed by atoms with E-state index in [9.17, 15) is 8.42 Å². The molecule has 0 spiro atoms. The number of benzene rings is 1. The van der Waals surface area contributed by atoms with Crippen molar-refractivity contribution in [3.63, 3.8) is 0 Å². The van der Waals surface area contributed by atoms with Crippen LogP contribution in [0.4, 0.5) is 0 Å². The smallest absolute Gasteiger partial charge is 0.243 e. The second-order valence-electron chi connectivity index (χ2n) is 5.63. The van der Waals surface area contributed by atoms with Gasteiger partial charge in [-0.1, -0.05) is 6.07 Å². The van der Waals surface area contributed by atoms with Crippen LogP contribution in [-0.2, 0) is 10.0 Å². The summed E-state index contributed by atoms with van der Waals surface area (Å²) in [5.74, 6) is 0. The number of hydrogen-bond acceptors (Lipinski definition) is 4. The zero-order chi connectivity index (χ0) is 15.5. The van der Waals surface area contributed by atoms with E-state index in [-0.39, 0.29) is 0 Å². The summed E-state index contributed by atoms with van der Waals surface area (Å²) in [6, 6.07) is 5.35. The zero-order valence-electron chi connectivity index (χ0n) is 12.9. The van der Waals surface area contributed by atoms with Crippen molar-refractivity contribution >= 4 is 10.0 Å². The Hall–Kier alpha value is -0.950. The Bertz CT molecular complexity index is 579. The van der Waals surface area contributed by atoms with Gasteiger partial charge in [0, 0.05) is 26.2 Å². The molecular formula is C15H25N3O2S. The molecule has 1 fully saturated rings. The Morgan fingerprint density at radius 3 is 2.33 bits per heavy atom. The van der Waals surface area contributed by atoms with E-state index in [1.54, 1.807) is 16.4 Å². The van der Waals surface area contributed by atoms with Gasteiger partial charge < -0.3 is 10.6 Å². The number of nitrogens with zero attached hydrogens (tertiary/aromatic N) is 2. The molecule has 0 aromatic heterocycles. The van der Waals surface area contributed by atoms with Crippen molar-refractivity contribution in [3.8, 4) is 0 Å². The quantitative estimate of drug-likeness (QED) is 0.879. The predicted molar refractivity (Wildman–Crippen MR) is 84.8 cm³/mol. The average Bonchev–Trinajstić information content (AvgIpc) is 2.48. The largest absolute Gasteiger partial charge is 0.330 e. The van der Waals surface area contributed by atoms with E-state index in [0.717, 1.165) is 37.2 Å². The molecule has 0 amide bonds. The predicted octanol–water partition coefficient (Wildman–Crippen LogP) is 0.959. The lowest BCUT2D eigenvalue weighted by Gasteiger charge is -2.34. The van der Waals surface area contributed by atoms with Crippen molar-refractivity contribution in [2.45, 2.75) is 25.2 Å². The third-order valence-electron chi connectivity index (χ3n) is 4.13. The van der Waals surface area contributed by atoms with Gasteiger partial charge in [-0.15, -0.1) is 0 Å². The molecule has 1 heterocycles. The summed E-state index contributed by atoms with van der Waals surface area (Å²) in [6.07, 6.45) is 0.962. The maximum absolute atomic E-state index is 12.7. The van der Waals surface area contributed by atoms with Crippen LogP contribution in [-0.4, -0.2) is 56.9 Å². The standard InChI is InChI=1S/C15H25N3O2S/c1-13-4-5-15(12-14(13)2)21(19,20)18-10-8-17(9-11-18)7-3-6-16/h4-5,12H,3,6-11,16H2,1-2H3. The normalized spacial score (nSPS) is 18.0. The first-order valence-electron chi connectivity index (χ1n) is 7.45. The van der Waals surface area contributed by atoms with E-state index in [1.165, 1.54) is 0 Å². The fraction of sp³-hybridized carbons (Fsp3) is 0.600. The molecular weight excluding hydrogens is 286 g/mol. The van der Waals surface area contributed by atoms with Gasteiger partial charge in [0.25, 0.3) is 0 Å². The lowest BCUT2D eigenvalue weighted by atomic mass is 10.1. The van der Waals surface area contributed by atoms with Crippen LogP contribution in [0.25, 0.3) is 0 Å². The number of hydrogen-bond donors (Lipinski definition) is 1. The Balaban J connectivity index is 2.06. The summed E-state index contributed by atoms with van der Waals surface area (Å²) in [5, 5.41) is 0. The molecule has 6 heteroatoms. The maximum Gasteiger partial charge on any atom is 0.243 e. The van der Waals surface area contributed by atoms with E-state index in [2.05, 4.69) is 4.90 Å². The number of piperazine rings is 1. The first kappa shape index (κ1) is 16.4. The molecule has 1 aliphatic rings. The van der Waals surface area contributed by atoms with Crippen molar-refractivity contribution in [2.24, 2.45) is 5.73 Å². The SMILES string of the molecule is Cc1ccc(S(=O)(=O)N2CCN(CCCN)CC2)cc1C. The van der Waals surface area contributed by atoms with Gasteiger partial charge in [0.2, 0.25) is 10.0 Å². The van der Waals surface area contributed by atoms with Gasteiger partial charge in [0.1, 0.15) is 0 Å². The topological polar surface area (TPSA) is 66.6 Å². The van der Waals surface area contributed by atoms with E-state index in [1.807, 2.05) is 19.9 Å². The molecule has 0 saturated carbocycles. The van der Waals surface area contributed by atoms with Gasteiger partial charge >= 0.3 is 0 Å². The molecule has 5 nitrogen and oxygen atoms in total. The molecule has 0 bridgehead atoms. The van der Waals surface area contributed by atoms with E-state index < -0.39 is 10.0 Å². The number of rotatable bonds is 5. The molecule has 2 N–H and O–H groups in total. The summed E-state index contributed by atoms with van der Waals surface area (Å²) < 4.78 is 26.9. The second kappa shape index (κ2) is 6.87. The molecule has 0 radical (unpaired) electrons. The van der Waals surface area contributed by atoms with Crippen LogP contribution in [0.2, 0.25) is 0 Å². The Morgan fingerprint density at radius 1 is 1.10 bits per heavy atom. The lowest BCUT2D eigenvalue weighted by Crippen LogP contribution is -2.48. The Labute approximate surface area is 127 Å². The highest BCUT2D eigenvalue weighted by molar-refractivity contribution is 7.89. The molecule has 1 aliphatic heterocycles. The summed E-state index contributed by atoms with van der Waals surface area (Å²) in [5.41, 5.74) is 7.63. The van der Waals surface area contributed by atoms with Gasteiger partial charge in [-0.2, -0.15) is 4.31 Å².